The maximum absolute atomic E-state index is 13.3. The van der Waals surface area contributed by atoms with Crippen molar-refractivity contribution in [2.45, 2.75) is 201 Å². The van der Waals surface area contributed by atoms with Gasteiger partial charge in [0, 0.05) is 37.5 Å². The third-order valence-corrected chi connectivity index (χ3v) is 14.4. The van der Waals surface area contributed by atoms with Gasteiger partial charge in [-0.1, -0.05) is 98.9 Å². The summed E-state index contributed by atoms with van der Waals surface area (Å²) in [7, 11) is 1.08. The molecule has 0 aromatic heterocycles. The number of aliphatic hydroxyl groups is 14. The van der Waals surface area contributed by atoms with Gasteiger partial charge in [-0.3, -0.25) is 9.59 Å². The molecule has 23 nitrogen and oxygen atoms in total. The van der Waals surface area contributed by atoms with Crippen molar-refractivity contribution < 1.29 is 110 Å². The third-order valence-electron chi connectivity index (χ3n) is 14.4. The van der Waals surface area contributed by atoms with Crippen LogP contribution in [0.2, 0.25) is 0 Å². The van der Waals surface area contributed by atoms with E-state index in [9.17, 15) is 81.1 Å². The second-order valence-corrected chi connectivity index (χ2v) is 20.7. The monoisotopic (exact) mass is 1100 g/mol. The zero-order valence-corrected chi connectivity index (χ0v) is 44.3. The predicted octanol–water partition coefficient (Wildman–Crippen LogP) is -1.77. The van der Waals surface area contributed by atoms with E-state index in [-0.39, 0.29) is 31.6 Å². The van der Waals surface area contributed by atoms with Crippen LogP contribution in [0.5, 0.6) is 0 Å². The Morgan fingerprint density at radius 1 is 0.649 bits per heavy atom. The van der Waals surface area contributed by atoms with Gasteiger partial charge in [0.05, 0.1) is 99.9 Å². The number of methoxy groups -OCH3 is 1. The first-order chi connectivity index (χ1) is 36.3. The third kappa shape index (κ3) is 20.1. The highest BCUT2D eigenvalue weighted by atomic mass is 16.7. The van der Waals surface area contributed by atoms with Crippen molar-refractivity contribution in [2.75, 3.05) is 20.3 Å². The van der Waals surface area contributed by atoms with Crippen molar-refractivity contribution in [2.24, 2.45) is 17.8 Å². The number of cyclic esters (lactones) is 1. The Balaban J connectivity index is 1.61. The van der Waals surface area contributed by atoms with Crippen LogP contribution < -0.4 is 5.32 Å². The lowest BCUT2D eigenvalue weighted by molar-refractivity contribution is -0.323. The molecule has 0 amide bonds. The molecule has 2 bridgehead atoms. The molecule has 0 spiro atoms. The number of nitrogens with one attached hydrogen (secondary N) is 1. The van der Waals surface area contributed by atoms with Crippen LogP contribution in [0.3, 0.4) is 0 Å². The number of aliphatic hydroxyl groups excluding tert-OH is 12. The predicted molar refractivity (Wildman–Crippen MR) is 274 cm³/mol. The molecule has 0 aromatic carbocycles. The van der Waals surface area contributed by atoms with Gasteiger partial charge in [-0.05, 0) is 33.1 Å². The largest absolute Gasteiger partial charge is 0.469 e. The standard InChI is InChI=1S/C54H85NO22/c1-30-18-16-14-12-10-8-6-7-9-11-13-15-17-19-37(76-52-49(67)45(47(65)33(4)75-52)55-29-54(71)50(68)48(66)41(62)28-73-54)25-42-44(51(69)72-5)40(61)27-53(70,77-42)26-36(58)23-39(60)38(59)21-20-34(56)22-35(57)24-43(63)74-32(3)31(2)46(30)64/h6-19,30-42,44-50,52,55-62,64-68,70-71H,20-29H2,1-5H3/b7-6+,10-8+,11-9+,14-12+,15-13+,18-16+,19-17+/t30-,31-,32-,33+,34+,35+,36-,37-,38+,39+,40-,41+,42-,44+,45-,46+,47+,48+,49-,50-,52-,53+,54+/m0/s1. The van der Waals surface area contributed by atoms with Crippen LogP contribution >= 0.6 is 0 Å². The molecular formula is C54H85NO22. The summed E-state index contributed by atoms with van der Waals surface area (Å²) in [4.78, 5) is 26.0. The van der Waals surface area contributed by atoms with Gasteiger partial charge in [0.2, 0.25) is 5.79 Å². The molecule has 4 rings (SSSR count). The molecule has 23 heteroatoms. The van der Waals surface area contributed by atoms with Crippen molar-refractivity contribution >= 4 is 11.9 Å². The zero-order chi connectivity index (χ0) is 57.2. The second-order valence-electron chi connectivity index (χ2n) is 20.7. The summed E-state index contributed by atoms with van der Waals surface area (Å²) in [5.41, 5.74) is 0. The number of carbonyl (C=O) groups excluding carboxylic acids is 2. The van der Waals surface area contributed by atoms with Crippen LogP contribution in [-0.4, -0.2) is 225 Å². The molecule has 4 heterocycles. The van der Waals surface area contributed by atoms with E-state index in [1.54, 1.807) is 86.8 Å². The molecule has 4 aliphatic heterocycles. The summed E-state index contributed by atoms with van der Waals surface area (Å²) in [6.07, 6.45) is -3.40. The van der Waals surface area contributed by atoms with Gasteiger partial charge in [-0.25, -0.2) is 0 Å². The first-order valence-corrected chi connectivity index (χ1v) is 26.2. The maximum Gasteiger partial charge on any atom is 0.313 e. The van der Waals surface area contributed by atoms with E-state index in [2.05, 4.69) is 5.32 Å². The first kappa shape index (κ1) is 65.9. The molecule has 77 heavy (non-hydrogen) atoms. The summed E-state index contributed by atoms with van der Waals surface area (Å²) >= 11 is 0. The van der Waals surface area contributed by atoms with Gasteiger partial charge in [0.25, 0.3) is 0 Å². The highest BCUT2D eigenvalue weighted by molar-refractivity contribution is 5.74. The number of ether oxygens (including phenoxy) is 6. The van der Waals surface area contributed by atoms with Crippen molar-refractivity contribution in [3.05, 3.63) is 85.1 Å². The number of allylic oxidation sites excluding steroid dienone is 12. The van der Waals surface area contributed by atoms with E-state index in [1.165, 1.54) is 13.0 Å². The fourth-order valence-corrected chi connectivity index (χ4v) is 9.61. The van der Waals surface area contributed by atoms with Crippen LogP contribution in [0.4, 0.5) is 0 Å². The summed E-state index contributed by atoms with van der Waals surface area (Å²) < 4.78 is 34.0. The minimum atomic E-state index is -2.46. The normalized spacial score (nSPS) is 46.3. The summed E-state index contributed by atoms with van der Waals surface area (Å²) in [5.74, 6) is -8.74. The van der Waals surface area contributed by atoms with E-state index in [4.69, 9.17) is 28.4 Å². The van der Waals surface area contributed by atoms with E-state index in [1.807, 2.05) is 13.0 Å². The minimum absolute atomic E-state index is 0.132. The molecule has 0 saturated carbocycles. The summed E-state index contributed by atoms with van der Waals surface area (Å²) in [6, 6.07) is -1.34. The number of rotatable bonds is 6. The van der Waals surface area contributed by atoms with E-state index in [0.717, 1.165) is 7.11 Å². The Morgan fingerprint density at radius 3 is 1.86 bits per heavy atom. The van der Waals surface area contributed by atoms with Gasteiger partial charge in [-0.2, -0.15) is 0 Å². The average Bonchev–Trinajstić information content (AvgIpc) is 3.36. The lowest BCUT2D eigenvalue weighted by Gasteiger charge is -2.46. The number of hydrogen-bond donors (Lipinski definition) is 15. The van der Waals surface area contributed by atoms with Crippen LogP contribution in [-0.2, 0) is 38.0 Å². The highest BCUT2D eigenvalue weighted by Crippen LogP contribution is 2.39. The molecule has 3 saturated heterocycles. The van der Waals surface area contributed by atoms with Gasteiger partial charge in [0.1, 0.15) is 36.4 Å². The first-order valence-electron chi connectivity index (χ1n) is 26.2. The van der Waals surface area contributed by atoms with Crippen LogP contribution in [0.1, 0.15) is 79.1 Å². The molecule has 438 valence electrons. The number of esters is 2. The van der Waals surface area contributed by atoms with Gasteiger partial charge in [0.15, 0.2) is 12.1 Å². The molecule has 0 radical (unpaired) electrons. The van der Waals surface area contributed by atoms with Crippen molar-refractivity contribution in [3.63, 3.8) is 0 Å². The maximum atomic E-state index is 13.3. The molecule has 0 aromatic rings. The van der Waals surface area contributed by atoms with Gasteiger partial charge in [-0.15, -0.1) is 0 Å². The van der Waals surface area contributed by atoms with E-state index >= 15 is 0 Å². The Bertz CT molecular complexity index is 2020. The Kier molecular flexibility index (Phi) is 26.8. The van der Waals surface area contributed by atoms with Gasteiger partial charge >= 0.3 is 11.9 Å². The number of hydrogen-bond acceptors (Lipinski definition) is 23. The lowest BCUT2D eigenvalue weighted by Crippen LogP contribution is -2.69. The zero-order valence-electron chi connectivity index (χ0n) is 44.3. The van der Waals surface area contributed by atoms with Crippen molar-refractivity contribution in [3.8, 4) is 0 Å². The SMILES string of the molecule is COC(=O)[C@H]1[C@@H]2C[C@@H](O[C@@H]3O[C@H](C)[C@@H](O)[C@H](NC[C@@]4(O)OC[C@@H](O)[C@@H](O)[C@@H]4O)[C@@H]3O)/C=C/C=C/C=C/C=C/C=C/C=C/C=C/[C@H](C)[C@@H](O)[C@@H](C)[C@H](C)OC(=O)C[C@H](O)C[C@H](O)CC[C@@H](O)[C@H](O)C[C@H](O)C[C@](O)(C[C@@H]1O)O2. The highest BCUT2D eigenvalue weighted by Gasteiger charge is 2.53. The quantitative estimate of drug-likeness (QED) is 0.131. The van der Waals surface area contributed by atoms with Crippen LogP contribution in [0.15, 0.2) is 85.1 Å². The number of fused-ring (bicyclic) bond motifs is 2. The summed E-state index contributed by atoms with van der Waals surface area (Å²) in [5, 5.41) is 155. The topological polar surface area (TPSA) is 385 Å². The molecule has 4 aliphatic rings. The van der Waals surface area contributed by atoms with Crippen LogP contribution in [0.25, 0.3) is 0 Å². The van der Waals surface area contributed by atoms with Gasteiger partial charge < -0.3 is 105 Å². The second kappa shape index (κ2) is 31.4. The average molecular weight is 1100 g/mol. The Morgan fingerprint density at radius 2 is 1.25 bits per heavy atom. The van der Waals surface area contributed by atoms with Crippen molar-refractivity contribution in [1.29, 1.82) is 0 Å². The molecule has 3 fully saturated rings. The molecule has 15 N–H and O–H groups in total. The molecule has 23 atom stereocenters. The van der Waals surface area contributed by atoms with Crippen LogP contribution in [0, 0.1) is 17.8 Å². The lowest BCUT2D eigenvalue weighted by atomic mass is 9.82. The fraction of sp³-hybridized carbons (Fsp3) is 0.704. The molecular weight excluding hydrogens is 1010 g/mol. The molecule has 0 unspecified atom stereocenters. The molecule has 0 aliphatic carbocycles. The Labute approximate surface area is 449 Å². The van der Waals surface area contributed by atoms with Crippen molar-refractivity contribution in [1.82, 2.24) is 5.32 Å². The fourth-order valence-electron chi connectivity index (χ4n) is 9.61. The Hall–Kier alpha value is -3.64. The van der Waals surface area contributed by atoms with E-state index in [0.29, 0.717) is 0 Å². The smallest absolute Gasteiger partial charge is 0.313 e. The summed E-state index contributed by atoms with van der Waals surface area (Å²) in [6.45, 7) is 5.44. The van der Waals surface area contributed by atoms with E-state index < -0.39 is 184 Å². The number of carbonyl (C=O) groups is 2. The minimum Gasteiger partial charge on any atom is -0.469 e.